The smallest absolute Gasteiger partial charge is 0.366 e. The molecule has 0 aromatic carbocycles. The zero-order valence-electron chi connectivity index (χ0n) is 13.7. The first-order valence-corrected chi connectivity index (χ1v) is 6.58. The molecule has 0 heterocycles. The maximum atomic E-state index is 13.7. The Bertz CT molecular complexity index is 688. The molecule has 0 saturated carbocycles. The lowest BCUT2D eigenvalue weighted by Gasteiger charge is -2.41. The van der Waals surface area contributed by atoms with E-state index in [9.17, 15) is 70.7 Å². The van der Waals surface area contributed by atoms with Crippen molar-refractivity contribution < 1.29 is 70.7 Å². The molecule has 0 atom stereocenters. The van der Waals surface area contributed by atoms with Gasteiger partial charge in [-0.1, -0.05) is 0 Å². The fourth-order valence-electron chi connectivity index (χ4n) is 1.62. The number of nitrogens with two attached hydrogens (primary N) is 1. The van der Waals surface area contributed by atoms with Crippen LogP contribution in [0.25, 0.3) is 0 Å². The Labute approximate surface area is 150 Å². The molecule has 0 saturated heterocycles. The highest BCUT2D eigenvalue weighted by atomic mass is 19.4. The van der Waals surface area contributed by atoms with E-state index in [2.05, 4.69) is 5.73 Å². The maximum Gasteiger partial charge on any atom is 0.460 e. The fourth-order valence-corrected chi connectivity index (χ4v) is 1.62. The Balaban J connectivity index is 6.81. The Hall–Kier alpha value is -1.84. The summed E-state index contributed by atoms with van der Waals surface area (Å²) < 4.78 is 195. The SMILES string of the molecule is CC(C(N)=O)=C(C)C(F)(F)C(F)(F)C(F)(F)C(F)(F)C(F)(F)C(F)(F)C(F)(F)F. The summed E-state index contributed by atoms with van der Waals surface area (Å²) in [4.78, 5) is 10.7. The molecule has 17 heteroatoms. The molecule has 2 N–H and O–H groups in total. The molecule has 0 aromatic rings. The minimum Gasteiger partial charge on any atom is -0.366 e. The highest BCUT2D eigenvalue weighted by Crippen LogP contribution is 2.63. The van der Waals surface area contributed by atoms with Gasteiger partial charge >= 0.3 is 41.7 Å². The van der Waals surface area contributed by atoms with Gasteiger partial charge in [-0.25, -0.2) is 0 Å². The summed E-state index contributed by atoms with van der Waals surface area (Å²) in [6, 6.07) is 0. The summed E-state index contributed by atoms with van der Waals surface area (Å²) in [6.45, 7) is -0.0466. The van der Waals surface area contributed by atoms with Crippen molar-refractivity contribution in [1.29, 1.82) is 0 Å². The number of hydrogen-bond acceptors (Lipinski definition) is 1. The van der Waals surface area contributed by atoms with Gasteiger partial charge in [-0.15, -0.1) is 0 Å². The lowest BCUT2D eigenvalue weighted by molar-refractivity contribution is -0.450. The first-order chi connectivity index (χ1) is 12.3. The van der Waals surface area contributed by atoms with Crippen LogP contribution in [-0.4, -0.2) is 47.6 Å². The third-order valence-electron chi connectivity index (χ3n) is 3.73. The lowest BCUT2D eigenvalue weighted by Crippen LogP contribution is -2.72. The quantitative estimate of drug-likeness (QED) is 0.407. The van der Waals surface area contributed by atoms with Gasteiger partial charge in [0.15, 0.2) is 0 Å². The predicted octanol–water partition coefficient (Wildman–Crippen LogP) is 5.18. The molecule has 172 valence electrons. The molecule has 0 spiro atoms. The first kappa shape index (κ1) is 27.2. The molecular formula is C12H8F15NO. The second-order valence-corrected chi connectivity index (χ2v) is 5.56. The van der Waals surface area contributed by atoms with Crippen LogP contribution in [0.2, 0.25) is 0 Å². The maximum absolute atomic E-state index is 13.7. The molecule has 0 rings (SSSR count). The van der Waals surface area contributed by atoms with Crippen LogP contribution in [0.15, 0.2) is 11.1 Å². The second kappa shape index (κ2) is 6.85. The van der Waals surface area contributed by atoms with Crippen molar-refractivity contribution >= 4 is 5.91 Å². The van der Waals surface area contributed by atoms with Gasteiger partial charge in [0.2, 0.25) is 5.91 Å². The minimum atomic E-state index is -8.37. The molecular weight excluding hydrogens is 459 g/mol. The van der Waals surface area contributed by atoms with Crippen LogP contribution in [0.4, 0.5) is 65.9 Å². The Morgan fingerprint density at radius 1 is 0.552 bits per heavy atom. The van der Waals surface area contributed by atoms with Gasteiger partial charge in [0.1, 0.15) is 0 Å². The largest absolute Gasteiger partial charge is 0.460 e. The zero-order chi connectivity index (χ0) is 24.2. The lowest BCUT2D eigenvalue weighted by atomic mass is 9.87. The second-order valence-electron chi connectivity index (χ2n) is 5.56. The molecule has 29 heavy (non-hydrogen) atoms. The molecule has 0 radical (unpaired) electrons. The molecule has 2 nitrogen and oxygen atoms in total. The number of carbonyl (C=O) groups excluding carboxylic acids is 1. The Kier molecular flexibility index (Phi) is 6.42. The highest BCUT2D eigenvalue weighted by molar-refractivity contribution is 5.92. The molecule has 0 aliphatic rings. The topological polar surface area (TPSA) is 43.1 Å². The van der Waals surface area contributed by atoms with E-state index in [-0.39, 0.29) is 13.8 Å². The summed E-state index contributed by atoms with van der Waals surface area (Å²) in [5, 5.41) is 0. The number of alkyl halides is 15. The van der Waals surface area contributed by atoms with Gasteiger partial charge in [0.25, 0.3) is 0 Å². The van der Waals surface area contributed by atoms with E-state index < -0.39 is 58.8 Å². The number of hydrogen-bond donors (Lipinski definition) is 1. The van der Waals surface area contributed by atoms with Crippen LogP contribution in [0.1, 0.15) is 13.8 Å². The van der Waals surface area contributed by atoms with Crippen molar-refractivity contribution in [3.05, 3.63) is 11.1 Å². The van der Waals surface area contributed by atoms with E-state index >= 15 is 0 Å². The van der Waals surface area contributed by atoms with Crippen LogP contribution < -0.4 is 5.73 Å². The molecule has 0 aromatic heterocycles. The minimum absolute atomic E-state index is 0.199. The number of primary amides is 1. The Morgan fingerprint density at radius 3 is 1.10 bits per heavy atom. The zero-order valence-corrected chi connectivity index (χ0v) is 13.7. The van der Waals surface area contributed by atoms with E-state index in [0.717, 1.165) is 0 Å². The number of amides is 1. The number of rotatable bonds is 7. The van der Waals surface area contributed by atoms with Crippen molar-refractivity contribution in [2.24, 2.45) is 5.73 Å². The van der Waals surface area contributed by atoms with Crippen molar-refractivity contribution in [3.63, 3.8) is 0 Å². The van der Waals surface area contributed by atoms with Crippen LogP contribution in [0.3, 0.4) is 0 Å². The van der Waals surface area contributed by atoms with Crippen LogP contribution in [0.5, 0.6) is 0 Å². The van der Waals surface area contributed by atoms with Gasteiger partial charge in [0.05, 0.1) is 0 Å². The van der Waals surface area contributed by atoms with Crippen molar-refractivity contribution in [2.75, 3.05) is 0 Å². The summed E-state index contributed by atoms with van der Waals surface area (Å²) >= 11 is 0. The predicted molar refractivity (Wildman–Crippen MR) is 63.3 cm³/mol. The number of allylic oxidation sites excluding steroid dienone is 1. The molecule has 0 aliphatic heterocycles. The first-order valence-electron chi connectivity index (χ1n) is 6.58. The van der Waals surface area contributed by atoms with Crippen molar-refractivity contribution in [1.82, 2.24) is 0 Å². The van der Waals surface area contributed by atoms with E-state index in [1.165, 1.54) is 0 Å². The highest BCUT2D eigenvalue weighted by Gasteiger charge is 2.93. The van der Waals surface area contributed by atoms with Crippen molar-refractivity contribution in [2.45, 2.75) is 55.6 Å². The van der Waals surface area contributed by atoms with Gasteiger partial charge < -0.3 is 5.73 Å². The summed E-state index contributed by atoms with van der Waals surface area (Å²) in [6.07, 6.45) is -7.66. The van der Waals surface area contributed by atoms with Gasteiger partial charge in [0, 0.05) is 11.1 Å². The molecule has 0 bridgehead atoms. The molecule has 0 fully saturated rings. The third kappa shape index (κ3) is 3.49. The molecule has 0 aliphatic carbocycles. The van der Waals surface area contributed by atoms with Gasteiger partial charge in [-0.2, -0.15) is 65.9 Å². The van der Waals surface area contributed by atoms with E-state index in [0.29, 0.717) is 0 Å². The molecule has 0 unspecified atom stereocenters. The van der Waals surface area contributed by atoms with Crippen molar-refractivity contribution in [3.8, 4) is 0 Å². The fraction of sp³-hybridized carbons (Fsp3) is 0.750. The average Bonchev–Trinajstić information content (AvgIpc) is 2.50. The average molecular weight is 467 g/mol. The monoisotopic (exact) mass is 467 g/mol. The summed E-state index contributed by atoms with van der Waals surface area (Å²) in [5.41, 5.74) is 0.292. The van der Waals surface area contributed by atoms with E-state index in [1.807, 2.05) is 0 Å². The normalized spacial score (nSPS) is 16.6. The summed E-state index contributed by atoms with van der Waals surface area (Å²) in [7, 11) is 0. The van der Waals surface area contributed by atoms with Gasteiger partial charge in [-0.3, -0.25) is 4.79 Å². The van der Waals surface area contributed by atoms with Gasteiger partial charge in [-0.05, 0) is 13.8 Å². The van der Waals surface area contributed by atoms with E-state index in [1.54, 1.807) is 0 Å². The Morgan fingerprint density at radius 2 is 0.828 bits per heavy atom. The standard InChI is InChI=1S/C12H8F15NO/c1-3(5(28)29)4(2)6(13,14)7(15,16)8(17,18)9(19,20)10(21,22)11(23,24)12(25,26)27/h1-2H3,(H2,28,29). The summed E-state index contributed by atoms with van der Waals surface area (Å²) in [5.74, 6) is -49.2. The van der Waals surface area contributed by atoms with Crippen LogP contribution >= 0.6 is 0 Å². The number of carbonyl (C=O) groups is 1. The molecule has 1 amide bonds. The number of halogens is 15. The van der Waals surface area contributed by atoms with Crippen LogP contribution in [0, 0.1) is 0 Å². The third-order valence-corrected chi connectivity index (χ3v) is 3.73. The van der Waals surface area contributed by atoms with Crippen LogP contribution in [-0.2, 0) is 4.79 Å². The van der Waals surface area contributed by atoms with E-state index in [4.69, 9.17) is 0 Å².